The Hall–Kier alpha value is -1.22. The highest BCUT2D eigenvalue weighted by atomic mass is 35.5. The lowest BCUT2D eigenvalue weighted by Crippen LogP contribution is -2.43. The number of rotatable bonds is 0. The van der Waals surface area contributed by atoms with Crippen LogP contribution in [0.4, 0.5) is 0 Å². The van der Waals surface area contributed by atoms with Crippen molar-refractivity contribution in [2.24, 2.45) is 0 Å². The van der Waals surface area contributed by atoms with Crippen LogP contribution in [0.25, 0.3) is 5.57 Å². The zero-order chi connectivity index (χ0) is 16.8. The van der Waals surface area contributed by atoms with Gasteiger partial charge in [-0.2, -0.15) is 0 Å². The zero-order valence-corrected chi connectivity index (χ0v) is 15.9. The normalized spacial score (nSPS) is 25.9. The van der Waals surface area contributed by atoms with Crippen molar-refractivity contribution in [3.05, 3.63) is 64.2 Å². The van der Waals surface area contributed by atoms with Crippen molar-refractivity contribution in [1.82, 2.24) is 4.90 Å². The highest BCUT2D eigenvalue weighted by molar-refractivity contribution is 7.99. The van der Waals surface area contributed by atoms with E-state index in [9.17, 15) is 0 Å². The third-order valence-corrected chi connectivity index (χ3v) is 7.25. The van der Waals surface area contributed by atoms with Gasteiger partial charge in [0.25, 0.3) is 0 Å². The average Bonchev–Trinajstić information content (AvgIpc) is 2.66. The molecule has 0 saturated carbocycles. The van der Waals surface area contributed by atoms with E-state index in [-0.39, 0.29) is 0 Å². The van der Waals surface area contributed by atoms with Gasteiger partial charge in [0, 0.05) is 27.4 Å². The van der Waals surface area contributed by atoms with Crippen LogP contribution in [-0.4, -0.2) is 24.0 Å². The zero-order valence-electron chi connectivity index (χ0n) is 14.3. The lowest BCUT2D eigenvalue weighted by atomic mass is 9.84. The van der Waals surface area contributed by atoms with Gasteiger partial charge in [-0.25, -0.2) is 0 Å². The molecule has 3 heterocycles. The highest BCUT2D eigenvalue weighted by Crippen LogP contribution is 2.48. The van der Waals surface area contributed by atoms with Gasteiger partial charge < -0.3 is 0 Å². The second-order valence-electron chi connectivity index (χ2n) is 7.38. The predicted molar refractivity (Wildman–Crippen MR) is 106 cm³/mol. The quantitative estimate of drug-likeness (QED) is 0.461. The van der Waals surface area contributed by atoms with Gasteiger partial charge in [-0.05, 0) is 78.8 Å². The third-order valence-electron chi connectivity index (χ3n) is 5.86. The second-order valence-corrected chi connectivity index (χ2v) is 8.90. The summed E-state index contributed by atoms with van der Waals surface area (Å²) in [4.78, 5) is 5.44. The average molecular weight is 368 g/mol. The molecule has 3 heteroatoms. The van der Waals surface area contributed by atoms with Crippen LogP contribution in [0.1, 0.15) is 43.2 Å². The van der Waals surface area contributed by atoms with Crippen LogP contribution < -0.4 is 0 Å². The largest absolute Gasteiger partial charge is 0.296 e. The summed E-state index contributed by atoms with van der Waals surface area (Å²) < 4.78 is 0. The molecule has 3 aliphatic rings. The van der Waals surface area contributed by atoms with E-state index in [1.807, 2.05) is 17.8 Å². The smallest absolute Gasteiger partial charge is 0.0412 e. The van der Waals surface area contributed by atoms with Crippen molar-refractivity contribution in [1.29, 1.82) is 0 Å². The lowest BCUT2D eigenvalue weighted by molar-refractivity contribution is 0.133. The van der Waals surface area contributed by atoms with E-state index in [0.717, 1.165) is 17.6 Å². The van der Waals surface area contributed by atoms with Crippen LogP contribution in [0.15, 0.2) is 57.8 Å². The van der Waals surface area contributed by atoms with Crippen molar-refractivity contribution in [3.63, 3.8) is 0 Å². The maximum atomic E-state index is 6.38. The third kappa shape index (κ3) is 2.85. The molecule has 0 amide bonds. The molecule has 2 aromatic carbocycles. The standard InChI is InChI=1S/C22H22ClNS/c23-16-9-11-21-19(13-16)22(18-6-1-2-7-20(18)25-21)15-8-10-17-5-3-4-12-24(17)14-15/h1-2,6-7,9,11,13,17H,3-5,8,10,12,14H2/b22-15+. The van der Waals surface area contributed by atoms with Crippen LogP contribution in [-0.2, 0) is 0 Å². The first-order valence-corrected chi connectivity index (χ1v) is 10.5. The monoisotopic (exact) mass is 367 g/mol. The molecule has 1 nitrogen and oxygen atoms in total. The number of hydrogen-bond donors (Lipinski definition) is 0. The van der Waals surface area contributed by atoms with Crippen LogP contribution >= 0.6 is 23.4 Å². The van der Waals surface area contributed by atoms with E-state index in [4.69, 9.17) is 11.6 Å². The Morgan fingerprint density at radius 3 is 2.80 bits per heavy atom. The number of benzene rings is 2. The molecule has 0 aliphatic carbocycles. The molecule has 0 spiro atoms. The van der Waals surface area contributed by atoms with Gasteiger partial charge in [-0.3, -0.25) is 4.90 Å². The van der Waals surface area contributed by atoms with Gasteiger partial charge in [0.2, 0.25) is 0 Å². The van der Waals surface area contributed by atoms with Gasteiger partial charge in [0.15, 0.2) is 0 Å². The molecule has 2 aromatic rings. The molecule has 128 valence electrons. The van der Waals surface area contributed by atoms with Crippen molar-refractivity contribution in [2.75, 3.05) is 13.1 Å². The summed E-state index contributed by atoms with van der Waals surface area (Å²) in [6.07, 6.45) is 6.68. The SMILES string of the molecule is Clc1ccc2c(c1)/C(=C1\CCC3CCCCN3C1)c1ccccc1S2. The Morgan fingerprint density at radius 1 is 0.960 bits per heavy atom. The predicted octanol–water partition coefficient (Wildman–Crippen LogP) is 6.25. The van der Waals surface area contributed by atoms with Crippen LogP contribution in [0.2, 0.25) is 5.02 Å². The molecule has 3 aliphatic heterocycles. The number of fused-ring (bicyclic) bond motifs is 3. The van der Waals surface area contributed by atoms with Gasteiger partial charge in [0.05, 0.1) is 0 Å². The molecule has 0 radical (unpaired) electrons. The Balaban J connectivity index is 1.66. The molecular formula is C22H22ClNS. The summed E-state index contributed by atoms with van der Waals surface area (Å²) in [5.41, 5.74) is 5.79. The van der Waals surface area contributed by atoms with Gasteiger partial charge >= 0.3 is 0 Å². The topological polar surface area (TPSA) is 3.24 Å². The number of nitrogens with zero attached hydrogens (tertiary/aromatic N) is 1. The molecule has 0 bridgehead atoms. The summed E-state index contributed by atoms with van der Waals surface area (Å²) in [5.74, 6) is 0. The molecule has 25 heavy (non-hydrogen) atoms. The Morgan fingerprint density at radius 2 is 1.84 bits per heavy atom. The van der Waals surface area contributed by atoms with E-state index < -0.39 is 0 Å². The van der Waals surface area contributed by atoms with Crippen molar-refractivity contribution in [2.45, 2.75) is 47.9 Å². The maximum Gasteiger partial charge on any atom is 0.0412 e. The first-order valence-electron chi connectivity index (χ1n) is 9.33. The van der Waals surface area contributed by atoms with E-state index in [2.05, 4.69) is 41.3 Å². The molecule has 5 rings (SSSR count). The van der Waals surface area contributed by atoms with Crippen LogP contribution in [0.3, 0.4) is 0 Å². The van der Waals surface area contributed by atoms with Gasteiger partial charge in [0.1, 0.15) is 0 Å². The van der Waals surface area contributed by atoms with E-state index in [0.29, 0.717) is 0 Å². The fraction of sp³-hybridized carbons (Fsp3) is 0.364. The van der Waals surface area contributed by atoms with E-state index >= 15 is 0 Å². The van der Waals surface area contributed by atoms with Crippen LogP contribution in [0, 0.1) is 0 Å². The van der Waals surface area contributed by atoms with Crippen molar-refractivity contribution >= 4 is 28.9 Å². The summed E-state index contributed by atoms with van der Waals surface area (Å²) >= 11 is 8.25. The summed E-state index contributed by atoms with van der Waals surface area (Å²) in [6.45, 7) is 2.39. The Kier molecular flexibility index (Phi) is 4.16. The summed E-state index contributed by atoms with van der Waals surface area (Å²) in [5, 5.41) is 0.837. The lowest BCUT2D eigenvalue weighted by Gasteiger charge is -2.41. The second kappa shape index (κ2) is 6.50. The van der Waals surface area contributed by atoms with E-state index in [1.165, 1.54) is 65.1 Å². The molecule has 2 fully saturated rings. The van der Waals surface area contributed by atoms with Crippen molar-refractivity contribution in [3.8, 4) is 0 Å². The fourth-order valence-electron chi connectivity index (χ4n) is 4.66. The number of hydrogen-bond acceptors (Lipinski definition) is 2. The Bertz CT molecular complexity index is 857. The molecule has 0 aromatic heterocycles. The molecular weight excluding hydrogens is 346 g/mol. The minimum absolute atomic E-state index is 0.810. The minimum atomic E-state index is 0.810. The van der Waals surface area contributed by atoms with E-state index in [1.54, 1.807) is 5.57 Å². The summed E-state index contributed by atoms with van der Waals surface area (Å²) in [6, 6.07) is 16.0. The van der Waals surface area contributed by atoms with Crippen molar-refractivity contribution < 1.29 is 0 Å². The number of halogens is 1. The first-order chi connectivity index (χ1) is 12.3. The molecule has 1 atom stereocenters. The fourth-order valence-corrected chi connectivity index (χ4v) is 5.90. The number of piperidine rings is 2. The van der Waals surface area contributed by atoms with Gasteiger partial charge in [-0.1, -0.05) is 48.0 Å². The van der Waals surface area contributed by atoms with Gasteiger partial charge in [-0.15, -0.1) is 0 Å². The first kappa shape index (κ1) is 16.0. The molecule has 0 N–H and O–H groups in total. The maximum absolute atomic E-state index is 6.38. The molecule has 1 unspecified atom stereocenters. The van der Waals surface area contributed by atoms with Crippen LogP contribution in [0.5, 0.6) is 0 Å². The Labute approximate surface area is 159 Å². The highest BCUT2D eigenvalue weighted by Gasteiger charge is 2.31. The minimum Gasteiger partial charge on any atom is -0.296 e. The molecule has 2 saturated heterocycles. The summed E-state index contributed by atoms with van der Waals surface area (Å²) in [7, 11) is 0.